The van der Waals surface area contributed by atoms with Crippen LogP contribution in [0.3, 0.4) is 0 Å². The van der Waals surface area contributed by atoms with Crippen molar-refractivity contribution in [2.24, 2.45) is 0 Å². The van der Waals surface area contributed by atoms with Gasteiger partial charge in [-0.25, -0.2) is 0 Å². The van der Waals surface area contributed by atoms with Crippen molar-refractivity contribution in [3.8, 4) is 5.75 Å². The number of aromatic nitrogens is 1. The Morgan fingerprint density at radius 2 is 1.68 bits per heavy atom. The SMILES string of the molecule is CN1CC[N+](C)(c2ccc(OCc3ccncc3)cc2)CC1. The molecule has 0 aliphatic carbocycles. The summed E-state index contributed by atoms with van der Waals surface area (Å²) in [6.45, 7) is 5.20. The number of piperazine rings is 1. The zero-order chi connectivity index (χ0) is 15.4. The lowest BCUT2D eigenvalue weighted by Gasteiger charge is -2.40. The average Bonchev–Trinajstić information content (AvgIpc) is 2.57. The van der Waals surface area contributed by atoms with Crippen LogP contribution in [0.25, 0.3) is 0 Å². The number of ether oxygens (including phenoxy) is 1. The summed E-state index contributed by atoms with van der Waals surface area (Å²) in [6, 6.07) is 12.5. The van der Waals surface area contributed by atoms with Gasteiger partial charge < -0.3 is 4.74 Å². The molecule has 2 aromatic rings. The van der Waals surface area contributed by atoms with Crippen molar-refractivity contribution >= 4 is 5.69 Å². The van der Waals surface area contributed by atoms with Crippen molar-refractivity contribution in [3.05, 3.63) is 54.4 Å². The van der Waals surface area contributed by atoms with E-state index in [-0.39, 0.29) is 0 Å². The summed E-state index contributed by atoms with van der Waals surface area (Å²) in [5, 5.41) is 0. The van der Waals surface area contributed by atoms with Crippen LogP contribution in [0.15, 0.2) is 48.8 Å². The second-order valence-electron chi connectivity index (χ2n) is 6.28. The lowest BCUT2D eigenvalue weighted by molar-refractivity contribution is 0.181. The third-order valence-corrected chi connectivity index (χ3v) is 4.57. The van der Waals surface area contributed by atoms with Crippen molar-refractivity contribution in [1.29, 1.82) is 0 Å². The topological polar surface area (TPSA) is 25.4 Å². The standard InChI is InChI=1S/C18H24N3O/c1-20-11-13-21(2,14-12-20)17-3-5-18(6-4-17)22-15-16-7-9-19-10-8-16/h3-10H,11-15H2,1-2H3/q+1. The minimum absolute atomic E-state index is 0.582. The molecular formula is C18H24N3O+. The molecule has 0 saturated carbocycles. The Bertz CT molecular complexity index is 589. The quantitative estimate of drug-likeness (QED) is 0.811. The van der Waals surface area contributed by atoms with Gasteiger partial charge in [-0.1, -0.05) is 0 Å². The molecule has 116 valence electrons. The lowest BCUT2D eigenvalue weighted by atomic mass is 10.2. The molecule has 1 fully saturated rings. The molecule has 3 rings (SSSR count). The van der Waals surface area contributed by atoms with Gasteiger partial charge in [0.05, 0.1) is 20.1 Å². The second kappa shape index (κ2) is 6.46. The number of nitrogens with zero attached hydrogens (tertiary/aromatic N) is 3. The number of quaternary nitrogens is 1. The molecule has 0 unspecified atom stereocenters. The van der Waals surface area contributed by atoms with E-state index in [0.29, 0.717) is 6.61 Å². The van der Waals surface area contributed by atoms with Gasteiger partial charge in [0.1, 0.15) is 18.0 Å². The van der Waals surface area contributed by atoms with E-state index in [0.717, 1.165) is 42.0 Å². The van der Waals surface area contributed by atoms with Gasteiger partial charge in [-0.3, -0.25) is 14.4 Å². The van der Waals surface area contributed by atoms with E-state index in [1.165, 1.54) is 5.69 Å². The van der Waals surface area contributed by atoms with Crippen LogP contribution in [0, 0.1) is 0 Å². The van der Waals surface area contributed by atoms with Gasteiger partial charge in [0.15, 0.2) is 0 Å². The van der Waals surface area contributed by atoms with E-state index in [9.17, 15) is 0 Å². The van der Waals surface area contributed by atoms with Gasteiger partial charge in [-0.2, -0.15) is 0 Å². The lowest BCUT2D eigenvalue weighted by Crippen LogP contribution is -2.57. The highest BCUT2D eigenvalue weighted by Crippen LogP contribution is 2.26. The van der Waals surface area contributed by atoms with Crippen molar-refractivity contribution < 1.29 is 4.74 Å². The number of likely N-dealkylation sites (N-methyl/N-ethyl adjacent to an activating group) is 2. The summed E-state index contributed by atoms with van der Waals surface area (Å²) < 4.78 is 6.85. The van der Waals surface area contributed by atoms with Crippen LogP contribution in [0.4, 0.5) is 5.69 Å². The van der Waals surface area contributed by atoms with Gasteiger partial charge in [0, 0.05) is 37.6 Å². The first-order valence-electron chi connectivity index (χ1n) is 7.81. The highest BCUT2D eigenvalue weighted by molar-refractivity contribution is 5.46. The van der Waals surface area contributed by atoms with Crippen molar-refractivity contribution in [3.63, 3.8) is 0 Å². The normalized spacial score (nSPS) is 18.1. The highest BCUT2D eigenvalue weighted by atomic mass is 16.5. The smallest absolute Gasteiger partial charge is 0.132 e. The molecule has 1 aromatic carbocycles. The fourth-order valence-electron chi connectivity index (χ4n) is 2.81. The van der Waals surface area contributed by atoms with Crippen molar-refractivity contribution in [1.82, 2.24) is 14.4 Å². The molecule has 0 spiro atoms. The van der Waals surface area contributed by atoms with Gasteiger partial charge in [-0.15, -0.1) is 0 Å². The first kappa shape index (κ1) is 15.0. The molecule has 0 atom stereocenters. The number of hydrogen-bond acceptors (Lipinski definition) is 3. The molecule has 1 aliphatic heterocycles. The van der Waals surface area contributed by atoms with Crippen LogP contribution in [0.5, 0.6) is 5.75 Å². The van der Waals surface area contributed by atoms with Gasteiger partial charge in [0.25, 0.3) is 0 Å². The first-order valence-corrected chi connectivity index (χ1v) is 7.81. The molecule has 0 radical (unpaired) electrons. The summed E-state index contributed by atoms with van der Waals surface area (Å²) in [6.07, 6.45) is 3.58. The summed E-state index contributed by atoms with van der Waals surface area (Å²) in [5.74, 6) is 0.918. The van der Waals surface area contributed by atoms with E-state index in [2.05, 4.69) is 48.2 Å². The maximum absolute atomic E-state index is 5.84. The molecule has 22 heavy (non-hydrogen) atoms. The van der Waals surface area contributed by atoms with Gasteiger partial charge in [-0.05, 0) is 36.9 Å². The first-order chi connectivity index (χ1) is 10.7. The summed E-state index contributed by atoms with van der Waals surface area (Å²) in [4.78, 5) is 6.41. The van der Waals surface area contributed by atoms with E-state index in [1.54, 1.807) is 12.4 Å². The molecule has 4 nitrogen and oxygen atoms in total. The highest BCUT2D eigenvalue weighted by Gasteiger charge is 2.29. The zero-order valence-corrected chi connectivity index (χ0v) is 13.4. The minimum atomic E-state index is 0.582. The average molecular weight is 298 g/mol. The number of rotatable bonds is 4. The van der Waals surface area contributed by atoms with Gasteiger partial charge >= 0.3 is 0 Å². The molecule has 1 aliphatic rings. The van der Waals surface area contributed by atoms with E-state index in [4.69, 9.17) is 4.74 Å². The Hall–Kier alpha value is -1.91. The molecular weight excluding hydrogens is 274 g/mol. The number of hydrogen-bond donors (Lipinski definition) is 0. The third-order valence-electron chi connectivity index (χ3n) is 4.57. The molecule has 1 aromatic heterocycles. The predicted octanol–water partition coefficient (Wildman–Crippen LogP) is 2.54. The Morgan fingerprint density at radius 3 is 2.32 bits per heavy atom. The fourth-order valence-corrected chi connectivity index (χ4v) is 2.81. The zero-order valence-electron chi connectivity index (χ0n) is 13.4. The third kappa shape index (κ3) is 3.46. The number of benzene rings is 1. The molecule has 0 amide bonds. The van der Waals surface area contributed by atoms with Crippen LogP contribution in [0.2, 0.25) is 0 Å². The van der Waals surface area contributed by atoms with Crippen LogP contribution in [-0.2, 0) is 6.61 Å². The molecule has 1 saturated heterocycles. The number of pyridine rings is 1. The van der Waals surface area contributed by atoms with E-state index >= 15 is 0 Å². The van der Waals surface area contributed by atoms with Gasteiger partial charge in [0.2, 0.25) is 0 Å². The largest absolute Gasteiger partial charge is 0.489 e. The maximum atomic E-state index is 5.84. The van der Waals surface area contributed by atoms with Crippen molar-refractivity contribution in [2.75, 3.05) is 40.3 Å². The maximum Gasteiger partial charge on any atom is 0.132 e. The monoisotopic (exact) mass is 298 g/mol. The molecule has 0 N–H and O–H groups in total. The Morgan fingerprint density at radius 1 is 1.05 bits per heavy atom. The summed E-state index contributed by atoms with van der Waals surface area (Å²) in [7, 11) is 4.51. The van der Waals surface area contributed by atoms with E-state index in [1.807, 2.05) is 12.1 Å². The Kier molecular flexibility index (Phi) is 4.41. The van der Waals surface area contributed by atoms with Crippen LogP contribution in [-0.4, -0.2) is 50.2 Å². The predicted molar refractivity (Wildman–Crippen MR) is 90.0 cm³/mol. The van der Waals surface area contributed by atoms with Crippen molar-refractivity contribution in [2.45, 2.75) is 6.61 Å². The second-order valence-corrected chi connectivity index (χ2v) is 6.28. The Labute approximate surface area is 132 Å². The van der Waals surface area contributed by atoms with Crippen LogP contribution in [0.1, 0.15) is 5.56 Å². The summed E-state index contributed by atoms with van der Waals surface area (Å²) >= 11 is 0. The summed E-state index contributed by atoms with van der Waals surface area (Å²) in [5.41, 5.74) is 2.50. The van der Waals surface area contributed by atoms with E-state index < -0.39 is 0 Å². The molecule has 2 heterocycles. The van der Waals surface area contributed by atoms with Crippen LogP contribution < -0.4 is 9.22 Å². The fraction of sp³-hybridized carbons (Fsp3) is 0.389. The van der Waals surface area contributed by atoms with Crippen LogP contribution >= 0.6 is 0 Å². The Balaban J connectivity index is 1.63. The molecule has 0 bridgehead atoms. The minimum Gasteiger partial charge on any atom is -0.489 e. The molecule has 4 heteroatoms.